The van der Waals surface area contributed by atoms with Crippen LogP contribution < -0.4 is 0 Å². The Kier molecular flexibility index (Phi) is 7.53. The number of esters is 1. The number of thiophene rings is 1. The Hall–Kier alpha value is -2.78. The fourth-order valence-corrected chi connectivity index (χ4v) is 4.02. The molecule has 0 N–H and O–H groups in total. The minimum atomic E-state index is -0.386. The second kappa shape index (κ2) is 10.3. The lowest BCUT2D eigenvalue weighted by atomic mass is 10.2. The van der Waals surface area contributed by atoms with Gasteiger partial charge in [-0.25, -0.2) is 0 Å². The van der Waals surface area contributed by atoms with Gasteiger partial charge in [0.1, 0.15) is 6.54 Å². The molecule has 2 aromatic rings. The molecule has 0 radical (unpaired) electrons. The van der Waals surface area contributed by atoms with Crippen LogP contribution in [0.25, 0.3) is 0 Å². The second-order valence-corrected chi connectivity index (χ2v) is 8.34. The zero-order chi connectivity index (χ0) is 21.5. The van der Waals surface area contributed by atoms with Gasteiger partial charge in [-0.05, 0) is 36.8 Å². The van der Waals surface area contributed by atoms with Gasteiger partial charge in [-0.1, -0.05) is 0 Å². The van der Waals surface area contributed by atoms with Crippen molar-refractivity contribution in [2.45, 2.75) is 26.1 Å². The molecule has 1 aliphatic heterocycles. The number of nitrogens with zero attached hydrogens (tertiary/aromatic N) is 3. The number of hydrogen-bond donors (Lipinski definition) is 0. The van der Waals surface area contributed by atoms with E-state index < -0.39 is 0 Å². The predicted octanol–water partition coefficient (Wildman–Crippen LogP) is 1.88. The van der Waals surface area contributed by atoms with E-state index in [2.05, 4.69) is 9.72 Å². The lowest BCUT2D eigenvalue weighted by molar-refractivity contribution is -0.142. The molecule has 0 spiro atoms. The van der Waals surface area contributed by atoms with Crippen LogP contribution in [0, 0.1) is 6.92 Å². The molecular weight excluding hydrogens is 406 g/mol. The van der Waals surface area contributed by atoms with Crippen molar-refractivity contribution in [2.24, 2.45) is 0 Å². The van der Waals surface area contributed by atoms with Crippen LogP contribution in [-0.4, -0.2) is 72.0 Å². The minimum Gasteiger partial charge on any atom is -0.469 e. The molecule has 9 heteroatoms. The van der Waals surface area contributed by atoms with E-state index in [4.69, 9.17) is 4.74 Å². The highest BCUT2D eigenvalue weighted by Crippen LogP contribution is 2.20. The van der Waals surface area contributed by atoms with Gasteiger partial charge in [-0.2, -0.15) is 0 Å². The smallest absolute Gasteiger partial charge is 0.307 e. The summed E-state index contributed by atoms with van der Waals surface area (Å²) in [5.74, 6) is -0.785. The number of aryl methyl sites for hydroxylation is 1. The number of rotatable bonds is 7. The number of hydrogen-bond acceptors (Lipinski definition) is 7. The summed E-state index contributed by atoms with van der Waals surface area (Å²) < 4.78 is 10.7. The second-order valence-electron chi connectivity index (χ2n) is 7.05. The van der Waals surface area contributed by atoms with Gasteiger partial charge in [0.25, 0.3) is 5.91 Å². The molecule has 30 heavy (non-hydrogen) atoms. The van der Waals surface area contributed by atoms with E-state index in [1.165, 1.54) is 23.3 Å². The standard InChI is InChI=1S/C21H25N3O5S/c1-15-3-4-18(30-15)21(27)24-12-17(29-14-16-5-8-22-9-6-16)11-23(19(25)13-24)10-7-20(26)28-2/h3-6,8-9,17H,7,10-14H2,1-2H3/t17-/m0/s1. The van der Waals surface area contributed by atoms with Gasteiger partial charge in [0.15, 0.2) is 0 Å². The predicted molar refractivity (Wildman–Crippen MR) is 111 cm³/mol. The maximum absolute atomic E-state index is 13.0. The van der Waals surface area contributed by atoms with Crippen molar-refractivity contribution in [1.82, 2.24) is 14.8 Å². The van der Waals surface area contributed by atoms with E-state index in [-0.39, 0.29) is 43.4 Å². The Bertz CT molecular complexity index is 886. The maximum Gasteiger partial charge on any atom is 0.307 e. The summed E-state index contributed by atoms with van der Waals surface area (Å²) >= 11 is 1.40. The fraction of sp³-hybridized carbons (Fsp3) is 0.429. The highest BCUT2D eigenvalue weighted by atomic mass is 32.1. The lowest BCUT2D eigenvalue weighted by Gasteiger charge is -2.24. The van der Waals surface area contributed by atoms with Crippen molar-refractivity contribution in [1.29, 1.82) is 0 Å². The van der Waals surface area contributed by atoms with Crippen molar-refractivity contribution in [2.75, 3.05) is 33.3 Å². The van der Waals surface area contributed by atoms with Crippen LogP contribution in [-0.2, 0) is 25.7 Å². The molecule has 0 bridgehead atoms. The van der Waals surface area contributed by atoms with Gasteiger partial charge in [-0.3, -0.25) is 19.4 Å². The largest absolute Gasteiger partial charge is 0.469 e. The van der Waals surface area contributed by atoms with Gasteiger partial charge in [0.2, 0.25) is 5.91 Å². The summed E-state index contributed by atoms with van der Waals surface area (Å²) in [6.45, 7) is 3.04. The first kappa shape index (κ1) is 21.9. The monoisotopic (exact) mass is 431 g/mol. The molecule has 1 fully saturated rings. The van der Waals surface area contributed by atoms with E-state index in [0.717, 1.165) is 10.4 Å². The SMILES string of the molecule is COC(=O)CCN1C[C@H](OCc2ccncc2)CN(C(=O)c2ccc(C)s2)CC1=O. The molecule has 2 aromatic heterocycles. The van der Waals surface area contributed by atoms with Crippen LogP contribution in [0.2, 0.25) is 0 Å². The zero-order valence-electron chi connectivity index (χ0n) is 17.1. The maximum atomic E-state index is 13.0. The van der Waals surface area contributed by atoms with Crippen molar-refractivity contribution in [3.05, 3.63) is 52.0 Å². The first-order chi connectivity index (χ1) is 14.5. The van der Waals surface area contributed by atoms with Crippen LogP contribution >= 0.6 is 11.3 Å². The van der Waals surface area contributed by atoms with Crippen molar-refractivity contribution >= 4 is 29.1 Å². The van der Waals surface area contributed by atoms with E-state index in [1.807, 2.05) is 25.1 Å². The number of carbonyl (C=O) groups is 3. The number of aromatic nitrogens is 1. The van der Waals surface area contributed by atoms with Gasteiger partial charge >= 0.3 is 5.97 Å². The Labute approximate surface area is 179 Å². The van der Waals surface area contributed by atoms with Crippen LogP contribution in [0.1, 0.15) is 26.5 Å². The third-order valence-electron chi connectivity index (χ3n) is 4.81. The Morgan fingerprint density at radius 1 is 1.20 bits per heavy atom. The molecule has 0 saturated carbocycles. The van der Waals surface area contributed by atoms with E-state index in [9.17, 15) is 14.4 Å². The van der Waals surface area contributed by atoms with Crippen LogP contribution in [0.4, 0.5) is 0 Å². The Morgan fingerprint density at radius 2 is 1.97 bits per heavy atom. The van der Waals surface area contributed by atoms with Gasteiger partial charge < -0.3 is 19.3 Å². The Balaban J connectivity index is 1.74. The summed E-state index contributed by atoms with van der Waals surface area (Å²) in [6, 6.07) is 7.37. The van der Waals surface area contributed by atoms with Crippen molar-refractivity contribution in [3.8, 4) is 0 Å². The normalized spacial score (nSPS) is 17.0. The quantitative estimate of drug-likeness (QED) is 0.622. The molecule has 1 atom stereocenters. The molecule has 8 nitrogen and oxygen atoms in total. The highest BCUT2D eigenvalue weighted by molar-refractivity contribution is 7.13. The minimum absolute atomic E-state index is 0.0495. The number of ether oxygens (including phenoxy) is 2. The van der Waals surface area contributed by atoms with Crippen molar-refractivity contribution < 1.29 is 23.9 Å². The first-order valence-corrected chi connectivity index (χ1v) is 10.5. The molecule has 3 heterocycles. The number of pyridine rings is 1. The molecule has 0 aromatic carbocycles. The molecule has 1 saturated heterocycles. The topological polar surface area (TPSA) is 89.0 Å². The molecule has 2 amide bonds. The van der Waals surface area contributed by atoms with Crippen LogP contribution in [0.5, 0.6) is 0 Å². The third-order valence-corrected chi connectivity index (χ3v) is 5.80. The zero-order valence-corrected chi connectivity index (χ0v) is 17.9. The van der Waals surface area contributed by atoms with Crippen molar-refractivity contribution in [3.63, 3.8) is 0 Å². The number of amides is 2. The van der Waals surface area contributed by atoms with E-state index in [1.54, 1.807) is 23.4 Å². The highest BCUT2D eigenvalue weighted by Gasteiger charge is 2.32. The molecule has 3 rings (SSSR count). The average Bonchev–Trinajstić information content (AvgIpc) is 3.12. The van der Waals surface area contributed by atoms with E-state index >= 15 is 0 Å². The van der Waals surface area contributed by atoms with Gasteiger partial charge in [0, 0.05) is 36.9 Å². The van der Waals surface area contributed by atoms with E-state index in [0.29, 0.717) is 24.6 Å². The van der Waals surface area contributed by atoms with Crippen LogP contribution in [0.3, 0.4) is 0 Å². The molecule has 0 aliphatic carbocycles. The number of methoxy groups -OCH3 is 1. The summed E-state index contributed by atoms with van der Waals surface area (Å²) in [4.78, 5) is 46.0. The molecular formula is C21H25N3O5S. The first-order valence-electron chi connectivity index (χ1n) is 9.67. The Morgan fingerprint density at radius 3 is 2.63 bits per heavy atom. The summed E-state index contributed by atoms with van der Waals surface area (Å²) in [5, 5.41) is 0. The molecule has 160 valence electrons. The lowest BCUT2D eigenvalue weighted by Crippen LogP contribution is -2.40. The van der Waals surface area contributed by atoms with Crippen LogP contribution in [0.15, 0.2) is 36.7 Å². The van der Waals surface area contributed by atoms with Gasteiger partial charge in [0.05, 0.1) is 31.1 Å². The number of carbonyl (C=O) groups excluding carboxylic acids is 3. The summed E-state index contributed by atoms with van der Waals surface area (Å²) in [6.07, 6.45) is 3.09. The third kappa shape index (κ3) is 5.87. The molecule has 1 aliphatic rings. The van der Waals surface area contributed by atoms with Gasteiger partial charge in [-0.15, -0.1) is 11.3 Å². The summed E-state index contributed by atoms with van der Waals surface area (Å²) in [5.41, 5.74) is 0.952. The average molecular weight is 432 g/mol. The molecule has 0 unspecified atom stereocenters. The fourth-order valence-electron chi connectivity index (χ4n) is 3.18. The summed E-state index contributed by atoms with van der Waals surface area (Å²) in [7, 11) is 1.32.